The number of rotatable bonds is 6. The Morgan fingerprint density at radius 3 is 1.14 bits per heavy atom. The van der Waals surface area contributed by atoms with Gasteiger partial charge < -0.3 is 13.3 Å². The summed E-state index contributed by atoms with van der Waals surface area (Å²) < 4.78 is 15.5. The van der Waals surface area contributed by atoms with E-state index >= 15 is 0 Å². The van der Waals surface area contributed by atoms with Gasteiger partial charge in [0.15, 0.2) is 0 Å². The normalized spacial score (nSPS) is 10.3. The van der Waals surface area contributed by atoms with E-state index < -0.39 is 16.3 Å². The van der Waals surface area contributed by atoms with Gasteiger partial charge in [-0.15, -0.1) is 33.2 Å². The standard InChI is InChI=1S/C6H15O3Si.Cl3Si/c1-4-7-10(8-5-2)9-6-3;1-4(2)3/h4-6H2,1-3H3;. The van der Waals surface area contributed by atoms with Crippen LogP contribution in [0.3, 0.4) is 0 Å². The predicted molar refractivity (Wildman–Crippen MR) is 63.9 cm³/mol. The molecule has 0 unspecified atom stereocenters. The van der Waals surface area contributed by atoms with Gasteiger partial charge >= 0.3 is 16.3 Å². The highest BCUT2D eigenvalue weighted by atomic mass is 35.8. The van der Waals surface area contributed by atoms with Crippen LogP contribution in [0.15, 0.2) is 0 Å². The van der Waals surface area contributed by atoms with E-state index in [4.69, 9.17) is 46.5 Å². The van der Waals surface area contributed by atoms with Crippen LogP contribution in [0.25, 0.3) is 0 Å². The molecule has 0 rings (SSSR count). The van der Waals surface area contributed by atoms with E-state index in [0.29, 0.717) is 19.8 Å². The van der Waals surface area contributed by atoms with E-state index in [1.165, 1.54) is 0 Å². The molecule has 0 amide bonds. The molecule has 0 aromatic rings. The monoisotopic (exact) mass is 296 g/mol. The summed E-state index contributed by atoms with van der Waals surface area (Å²) in [4.78, 5) is 0. The Morgan fingerprint density at radius 2 is 1.00 bits per heavy atom. The molecule has 0 atom stereocenters. The fraction of sp³-hybridized carbons (Fsp3) is 1.00. The average Bonchev–Trinajstić information content (AvgIpc) is 2.04. The van der Waals surface area contributed by atoms with Gasteiger partial charge in [-0.3, -0.25) is 0 Å². The van der Waals surface area contributed by atoms with Crippen LogP contribution in [-0.2, 0) is 13.3 Å². The maximum absolute atomic E-state index is 5.18. The van der Waals surface area contributed by atoms with Gasteiger partial charge in [-0.05, 0) is 20.8 Å². The van der Waals surface area contributed by atoms with Crippen LogP contribution in [0.1, 0.15) is 20.8 Å². The van der Waals surface area contributed by atoms with Crippen LogP contribution < -0.4 is 0 Å². The molecule has 0 heterocycles. The molecule has 0 fully saturated rings. The third kappa shape index (κ3) is 18.9. The Kier molecular flexibility index (Phi) is 17.8. The van der Waals surface area contributed by atoms with E-state index in [-0.39, 0.29) is 0 Å². The highest BCUT2D eigenvalue weighted by Gasteiger charge is 2.15. The summed E-state index contributed by atoms with van der Waals surface area (Å²) in [5, 5.41) is 0. The van der Waals surface area contributed by atoms with E-state index in [1.54, 1.807) is 0 Å². The Labute approximate surface area is 103 Å². The summed E-state index contributed by atoms with van der Waals surface area (Å²) in [6.45, 7) is 6.32. The molecule has 0 aromatic carbocycles. The average molecular weight is 298 g/mol. The van der Waals surface area contributed by atoms with Crippen LogP contribution in [0.2, 0.25) is 0 Å². The van der Waals surface area contributed by atoms with Crippen molar-refractivity contribution in [2.24, 2.45) is 0 Å². The highest BCUT2D eigenvalue weighted by Crippen LogP contribution is 1.97. The smallest absolute Gasteiger partial charge is 0.371 e. The first-order chi connectivity index (χ1) is 6.58. The van der Waals surface area contributed by atoms with Crippen LogP contribution in [-0.4, -0.2) is 36.1 Å². The van der Waals surface area contributed by atoms with Crippen molar-refractivity contribution in [3.8, 4) is 0 Å². The lowest BCUT2D eigenvalue weighted by Gasteiger charge is -2.10. The van der Waals surface area contributed by atoms with Gasteiger partial charge in [-0.2, -0.15) is 0 Å². The summed E-state index contributed by atoms with van der Waals surface area (Å²) in [5.41, 5.74) is 0. The van der Waals surface area contributed by atoms with Crippen molar-refractivity contribution >= 4 is 49.5 Å². The maximum Gasteiger partial charge on any atom is 0.577 e. The maximum atomic E-state index is 5.18. The zero-order valence-electron chi connectivity index (χ0n) is 8.48. The van der Waals surface area contributed by atoms with Crippen molar-refractivity contribution in [2.45, 2.75) is 20.8 Å². The lowest BCUT2D eigenvalue weighted by atomic mass is 10.9. The fourth-order valence-corrected chi connectivity index (χ4v) is 1.44. The molecule has 14 heavy (non-hydrogen) atoms. The van der Waals surface area contributed by atoms with E-state index in [9.17, 15) is 0 Å². The lowest BCUT2D eigenvalue weighted by molar-refractivity contribution is 0.107. The summed E-state index contributed by atoms with van der Waals surface area (Å²) in [6, 6.07) is 0. The SMILES string of the molecule is CCO[Si](OCC)OCC.Cl[Si](Cl)Cl. The molecule has 0 aliphatic heterocycles. The Balaban J connectivity index is 0. The first kappa shape index (κ1) is 17.6. The van der Waals surface area contributed by atoms with Crippen LogP contribution in [0.5, 0.6) is 0 Å². The first-order valence-electron chi connectivity index (χ1n) is 4.17. The summed E-state index contributed by atoms with van der Waals surface area (Å²) in [5.74, 6) is 0. The molecule has 0 aromatic heterocycles. The molecule has 8 heteroatoms. The third-order valence-electron chi connectivity index (χ3n) is 0.787. The van der Waals surface area contributed by atoms with Crippen molar-refractivity contribution in [3.63, 3.8) is 0 Å². The largest absolute Gasteiger partial charge is 0.577 e. The molecular weight excluding hydrogens is 283 g/mol. The second kappa shape index (κ2) is 14.2. The number of halogens is 3. The molecule has 0 aliphatic rings. The first-order valence-corrected chi connectivity index (χ1v) is 9.93. The predicted octanol–water partition coefficient (Wildman–Crippen LogP) is 2.77. The van der Waals surface area contributed by atoms with Crippen LogP contribution in [0, 0.1) is 0 Å². The zero-order valence-corrected chi connectivity index (χ0v) is 12.7. The van der Waals surface area contributed by atoms with E-state index in [1.807, 2.05) is 20.8 Å². The molecule has 0 spiro atoms. The highest BCUT2D eigenvalue weighted by molar-refractivity contribution is 7.54. The van der Waals surface area contributed by atoms with E-state index in [0.717, 1.165) is 0 Å². The molecule has 0 N–H and O–H groups in total. The molecule has 2 radical (unpaired) electrons. The summed E-state index contributed by atoms with van der Waals surface area (Å²) in [7, 11) is -1.40. The Hall–Kier alpha value is 1.18. The van der Waals surface area contributed by atoms with Crippen molar-refractivity contribution in [1.29, 1.82) is 0 Å². The van der Waals surface area contributed by atoms with Gasteiger partial charge in [0.05, 0.1) is 0 Å². The minimum Gasteiger partial charge on any atom is -0.371 e. The van der Waals surface area contributed by atoms with Gasteiger partial charge in [0.1, 0.15) is 0 Å². The number of hydrogen-bond donors (Lipinski definition) is 0. The second-order valence-electron chi connectivity index (χ2n) is 1.76. The van der Waals surface area contributed by atoms with Crippen LogP contribution >= 0.6 is 33.2 Å². The fourth-order valence-electron chi connectivity index (χ4n) is 0.479. The van der Waals surface area contributed by atoms with Gasteiger partial charge in [0, 0.05) is 19.8 Å². The van der Waals surface area contributed by atoms with Crippen LogP contribution in [0.4, 0.5) is 0 Å². The molecule has 0 saturated heterocycles. The third-order valence-corrected chi connectivity index (χ3v) is 2.36. The van der Waals surface area contributed by atoms with Crippen molar-refractivity contribution < 1.29 is 13.3 Å². The van der Waals surface area contributed by atoms with Gasteiger partial charge in [0.25, 0.3) is 0 Å². The molecule has 0 aliphatic carbocycles. The van der Waals surface area contributed by atoms with Crippen molar-refractivity contribution in [1.82, 2.24) is 0 Å². The van der Waals surface area contributed by atoms with E-state index in [2.05, 4.69) is 0 Å². The van der Waals surface area contributed by atoms with Crippen molar-refractivity contribution in [3.05, 3.63) is 0 Å². The minimum atomic E-state index is -1.46. The lowest BCUT2D eigenvalue weighted by Crippen LogP contribution is -2.27. The van der Waals surface area contributed by atoms with Crippen molar-refractivity contribution in [2.75, 3.05) is 19.8 Å². The minimum absolute atomic E-state index is 0.661. The van der Waals surface area contributed by atoms with Gasteiger partial charge in [-0.1, -0.05) is 0 Å². The summed E-state index contributed by atoms with van der Waals surface area (Å²) in [6.07, 6.45) is 0. The van der Waals surface area contributed by atoms with Gasteiger partial charge in [0.2, 0.25) is 0 Å². The molecule has 3 nitrogen and oxygen atoms in total. The molecule has 86 valence electrons. The Bertz CT molecular complexity index is 93.3. The number of hydrogen-bond acceptors (Lipinski definition) is 3. The second-order valence-corrected chi connectivity index (χ2v) is 8.70. The quantitative estimate of drug-likeness (QED) is 0.557. The summed E-state index contributed by atoms with van der Waals surface area (Å²) >= 11 is 14.7. The zero-order chi connectivity index (χ0) is 11.4. The topological polar surface area (TPSA) is 27.7 Å². The molecular formula is C6H15Cl3O3Si2. The molecule has 0 bridgehead atoms. The molecule has 0 saturated carbocycles. The Morgan fingerprint density at radius 1 is 0.786 bits per heavy atom. The van der Waals surface area contributed by atoms with Gasteiger partial charge in [-0.25, -0.2) is 0 Å².